The van der Waals surface area contributed by atoms with E-state index >= 15 is 0 Å². The van der Waals surface area contributed by atoms with Crippen LogP contribution in [0.2, 0.25) is 10.0 Å². The summed E-state index contributed by atoms with van der Waals surface area (Å²) in [7, 11) is -3.47. The molecule has 9 nitrogen and oxygen atoms in total. The fourth-order valence-corrected chi connectivity index (χ4v) is 5.37. The number of hydrogen-bond acceptors (Lipinski definition) is 4. The second-order valence-electron chi connectivity index (χ2n) is 8.93. The van der Waals surface area contributed by atoms with Gasteiger partial charge in [-0.15, -0.1) is 0 Å². The molecule has 1 fully saturated rings. The van der Waals surface area contributed by atoms with Crippen molar-refractivity contribution < 1.29 is 30.8 Å². The van der Waals surface area contributed by atoms with Crippen molar-refractivity contribution in [3.05, 3.63) is 75.7 Å². The minimum atomic E-state index is -4.80. The number of sulfonamides is 1. The topological polar surface area (TPSA) is 109 Å². The monoisotopic (exact) mass is 620 g/mol. The first-order chi connectivity index (χ1) is 18.7. The van der Waals surface area contributed by atoms with Gasteiger partial charge in [-0.3, -0.25) is 4.79 Å². The lowest BCUT2D eigenvalue weighted by atomic mass is 10.1. The van der Waals surface area contributed by atoms with E-state index in [4.69, 9.17) is 23.2 Å². The number of aliphatic imine (C=N–C) groups is 1. The largest absolute Gasteiger partial charge is 0.435 e. The molecule has 1 aromatic heterocycles. The molecule has 2 N–H and O–H groups in total. The Morgan fingerprint density at radius 3 is 2.35 bits per heavy atom. The van der Waals surface area contributed by atoms with Crippen LogP contribution in [0.5, 0.6) is 0 Å². The maximum atomic E-state index is 14.0. The number of aromatic nitrogens is 2. The van der Waals surface area contributed by atoms with Crippen molar-refractivity contribution in [3.8, 4) is 0 Å². The van der Waals surface area contributed by atoms with Gasteiger partial charge in [0.2, 0.25) is 16.0 Å². The number of benzene rings is 2. The number of guanidine groups is 1. The van der Waals surface area contributed by atoms with Crippen LogP contribution >= 0.6 is 23.2 Å². The van der Waals surface area contributed by atoms with Crippen molar-refractivity contribution in [2.24, 2.45) is 4.99 Å². The third-order valence-corrected chi connectivity index (χ3v) is 7.68. The summed E-state index contributed by atoms with van der Waals surface area (Å²) in [5.41, 5.74) is -1.07. The summed E-state index contributed by atoms with van der Waals surface area (Å²) < 4.78 is 81.0. The van der Waals surface area contributed by atoms with Crippen LogP contribution in [0.3, 0.4) is 0 Å². The van der Waals surface area contributed by atoms with E-state index in [0.717, 1.165) is 29.1 Å². The Bertz CT molecular complexity index is 1530. The van der Waals surface area contributed by atoms with Crippen molar-refractivity contribution in [2.75, 3.05) is 30.0 Å². The third-order valence-electron chi connectivity index (χ3n) is 5.92. The van der Waals surface area contributed by atoms with Gasteiger partial charge < -0.3 is 10.6 Å². The standard InChI is InChI=1S/C24H22Cl2F4N6O3S/c1-40(38,39)35-7-5-19(6-8-35)36-21(13-20(34-36)24(28,29)30)32-23(31-18-11-16(26)10-17(27)12-18)33-22(37)14-3-2-4-15(25)9-14/h2-4,9-13,19H,5-8H2,1H3,(H2,31,32,33,37). The van der Waals surface area contributed by atoms with Gasteiger partial charge in [0.25, 0.3) is 5.91 Å². The molecule has 1 aliphatic heterocycles. The highest BCUT2D eigenvalue weighted by Gasteiger charge is 2.37. The zero-order valence-electron chi connectivity index (χ0n) is 20.7. The van der Waals surface area contributed by atoms with E-state index in [1.54, 1.807) is 6.07 Å². The summed E-state index contributed by atoms with van der Waals surface area (Å²) in [6, 6.07) is 9.40. The Morgan fingerprint density at radius 2 is 1.75 bits per heavy atom. The SMILES string of the molecule is CS(=O)(=O)N1CCC(n2nc(C(F)(F)F)cc2N/C(=N\C(=O)c2cccc(Cl)c2)Nc2cc(F)cc(Cl)c2)CC1. The fraction of sp³-hybridized carbons (Fsp3) is 0.292. The maximum Gasteiger partial charge on any atom is 0.435 e. The quantitative estimate of drug-likeness (QED) is 0.216. The summed E-state index contributed by atoms with van der Waals surface area (Å²) in [6.07, 6.45) is -3.38. The lowest BCUT2D eigenvalue weighted by Gasteiger charge is -2.31. The first kappa shape index (κ1) is 29.8. The number of halogens is 6. The number of carbonyl (C=O) groups excluding carboxylic acids is 1. The summed E-state index contributed by atoms with van der Waals surface area (Å²) in [6.45, 7) is 0.163. The summed E-state index contributed by atoms with van der Waals surface area (Å²) in [5, 5.41) is 9.35. The molecule has 1 amide bonds. The number of carbonyl (C=O) groups is 1. The van der Waals surface area contributed by atoms with Crippen LogP contribution in [-0.2, 0) is 16.2 Å². The minimum Gasteiger partial charge on any atom is -0.325 e. The number of nitrogens with one attached hydrogen (secondary N) is 2. The number of amides is 1. The van der Waals surface area contributed by atoms with Gasteiger partial charge in [-0.25, -0.2) is 21.8 Å². The lowest BCUT2D eigenvalue weighted by Crippen LogP contribution is -2.39. The van der Waals surface area contributed by atoms with Gasteiger partial charge in [-0.2, -0.15) is 23.3 Å². The highest BCUT2D eigenvalue weighted by atomic mass is 35.5. The zero-order chi connectivity index (χ0) is 29.2. The molecule has 16 heteroatoms. The molecular weight excluding hydrogens is 599 g/mol. The molecule has 214 valence electrons. The van der Waals surface area contributed by atoms with Gasteiger partial charge in [-0.05, 0) is 49.2 Å². The average Bonchev–Trinajstić information content (AvgIpc) is 3.27. The van der Waals surface area contributed by atoms with Crippen LogP contribution < -0.4 is 10.6 Å². The molecule has 0 bridgehead atoms. The maximum absolute atomic E-state index is 14.0. The van der Waals surface area contributed by atoms with Crippen LogP contribution in [0, 0.1) is 5.82 Å². The first-order valence-electron chi connectivity index (χ1n) is 11.7. The molecule has 1 aliphatic rings. The molecule has 2 aromatic carbocycles. The van der Waals surface area contributed by atoms with Crippen LogP contribution in [-0.4, -0.2) is 53.7 Å². The molecule has 40 heavy (non-hydrogen) atoms. The second-order valence-corrected chi connectivity index (χ2v) is 11.8. The molecule has 0 atom stereocenters. The molecule has 0 radical (unpaired) electrons. The van der Waals surface area contributed by atoms with E-state index in [1.165, 1.54) is 28.6 Å². The first-order valence-corrected chi connectivity index (χ1v) is 14.3. The van der Waals surface area contributed by atoms with Crippen LogP contribution in [0.15, 0.2) is 53.5 Å². The Morgan fingerprint density at radius 1 is 1.05 bits per heavy atom. The van der Waals surface area contributed by atoms with Gasteiger partial charge in [-0.1, -0.05) is 29.3 Å². The molecule has 0 unspecified atom stereocenters. The molecule has 0 spiro atoms. The minimum absolute atomic E-state index is 0.0186. The Labute approximate surface area is 236 Å². The van der Waals surface area contributed by atoms with Crippen molar-refractivity contribution >= 4 is 56.6 Å². The Kier molecular flexibility index (Phi) is 8.73. The average molecular weight is 621 g/mol. The van der Waals surface area contributed by atoms with Gasteiger partial charge in [0.15, 0.2) is 5.69 Å². The summed E-state index contributed by atoms with van der Waals surface area (Å²) >= 11 is 11.9. The Balaban J connectivity index is 1.72. The van der Waals surface area contributed by atoms with Crippen molar-refractivity contribution in [1.29, 1.82) is 0 Å². The number of hydrogen-bond donors (Lipinski definition) is 2. The van der Waals surface area contributed by atoms with E-state index in [0.29, 0.717) is 0 Å². The molecule has 4 rings (SSSR count). The normalized spacial score (nSPS) is 15.7. The predicted molar refractivity (Wildman–Crippen MR) is 144 cm³/mol. The highest BCUT2D eigenvalue weighted by molar-refractivity contribution is 7.88. The van der Waals surface area contributed by atoms with E-state index in [2.05, 4.69) is 20.7 Å². The fourth-order valence-electron chi connectivity index (χ4n) is 4.08. The van der Waals surface area contributed by atoms with Crippen LogP contribution in [0.25, 0.3) is 0 Å². The van der Waals surface area contributed by atoms with Gasteiger partial charge in [0.05, 0.1) is 12.3 Å². The number of piperidine rings is 1. The van der Waals surface area contributed by atoms with Gasteiger partial charge >= 0.3 is 6.18 Å². The molecular formula is C24H22Cl2F4N6O3S. The second kappa shape index (κ2) is 11.7. The van der Waals surface area contributed by atoms with E-state index in [-0.39, 0.29) is 59.0 Å². The van der Waals surface area contributed by atoms with Gasteiger partial charge in [0, 0.05) is 40.5 Å². The summed E-state index contributed by atoms with van der Waals surface area (Å²) in [4.78, 5) is 16.9. The number of anilines is 2. The van der Waals surface area contributed by atoms with E-state index < -0.39 is 39.7 Å². The van der Waals surface area contributed by atoms with Crippen LogP contribution in [0.4, 0.5) is 29.1 Å². The molecule has 0 aliphatic carbocycles. The van der Waals surface area contributed by atoms with Crippen LogP contribution in [0.1, 0.15) is 34.9 Å². The van der Waals surface area contributed by atoms with Crippen molar-refractivity contribution in [3.63, 3.8) is 0 Å². The third kappa shape index (κ3) is 7.50. The van der Waals surface area contributed by atoms with Crippen molar-refractivity contribution in [1.82, 2.24) is 14.1 Å². The number of alkyl halides is 3. The zero-order valence-corrected chi connectivity index (χ0v) is 23.0. The number of nitrogens with zero attached hydrogens (tertiary/aromatic N) is 4. The predicted octanol–water partition coefficient (Wildman–Crippen LogP) is 5.66. The van der Waals surface area contributed by atoms with E-state index in [1.807, 2.05) is 0 Å². The molecule has 3 aromatic rings. The van der Waals surface area contributed by atoms with E-state index in [9.17, 15) is 30.8 Å². The molecule has 2 heterocycles. The number of rotatable bonds is 5. The highest BCUT2D eigenvalue weighted by Crippen LogP contribution is 2.34. The van der Waals surface area contributed by atoms with Crippen molar-refractivity contribution in [2.45, 2.75) is 25.1 Å². The van der Waals surface area contributed by atoms with Gasteiger partial charge in [0.1, 0.15) is 11.6 Å². The molecule has 0 saturated carbocycles. The Hall–Kier alpha value is -3.20. The smallest absolute Gasteiger partial charge is 0.325 e. The summed E-state index contributed by atoms with van der Waals surface area (Å²) in [5.74, 6) is -2.05. The molecule has 1 saturated heterocycles. The lowest BCUT2D eigenvalue weighted by molar-refractivity contribution is -0.141.